The van der Waals surface area contributed by atoms with Crippen LogP contribution in [-0.2, 0) is 6.54 Å². The maximum Gasteiger partial charge on any atom is 0.227 e. The van der Waals surface area contributed by atoms with Gasteiger partial charge in [-0.2, -0.15) is 5.10 Å². The lowest BCUT2D eigenvalue weighted by molar-refractivity contribution is 0.0837. The number of hydrogen-bond donors (Lipinski definition) is 1. The van der Waals surface area contributed by atoms with Crippen LogP contribution in [0.25, 0.3) is 5.69 Å². The Bertz CT molecular complexity index is 968. The maximum absolute atomic E-state index is 10.4. The molecular weight excluding hydrogens is 402 g/mol. The van der Waals surface area contributed by atoms with Gasteiger partial charge >= 0.3 is 0 Å². The molecule has 3 rings (SSSR count). The number of methoxy groups -OCH3 is 1. The summed E-state index contributed by atoms with van der Waals surface area (Å²) in [6.07, 6.45) is 1.41. The summed E-state index contributed by atoms with van der Waals surface area (Å²) >= 11 is 0. The second kappa shape index (κ2) is 11.2. The van der Waals surface area contributed by atoms with Crippen molar-refractivity contribution in [3.8, 4) is 23.1 Å². The minimum atomic E-state index is -0.349. The first-order chi connectivity index (χ1) is 15.4. The lowest BCUT2D eigenvalue weighted by atomic mass is 10.1. The molecule has 1 N–H and O–H groups in total. The molecular formula is C26H35N3O3. The molecule has 1 heterocycles. The van der Waals surface area contributed by atoms with Gasteiger partial charge in [0.25, 0.3) is 0 Å². The first-order valence-electron chi connectivity index (χ1n) is 11.3. The Hall–Kier alpha value is -2.83. The predicted molar refractivity (Wildman–Crippen MR) is 128 cm³/mol. The smallest absolute Gasteiger partial charge is 0.227 e. The standard InChI is InChI=1S/C26H35N3O3/c1-6-10-22(30)17-28(19(2)3)18-25-20(4)27-29(21-11-8-7-9-12-21)26(25)32-24-15-13-23(31-5)14-16-24/h7-9,11-16,19,22,30H,6,10,17-18H2,1-5H3/t22-/m0/s1. The van der Waals surface area contributed by atoms with Crippen LogP contribution in [0.3, 0.4) is 0 Å². The van der Waals surface area contributed by atoms with Crippen molar-refractivity contribution in [2.24, 2.45) is 0 Å². The number of aryl methyl sites for hydroxylation is 1. The van der Waals surface area contributed by atoms with Gasteiger partial charge in [0.1, 0.15) is 11.5 Å². The molecule has 0 bridgehead atoms. The van der Waals surface area contributed by atoms with Crippen molar-refractivity contribution in [1.82, 2.24) is 14.7 Å². The molecule has 1 aromatic heterocycles. The first kappa shape index (κ1) is 23.8. The van der Waals surface area contributed by atoms with Gasteiger partial charge in [-0.15, -0.1) is 0 Å². The topological polar surface area (TPSA) is 59.8 Å². The average Bonchev–Trinajstić information content (AvgIpc) is 3.09. The van der Waals surface area contributed by atoms with Gasteiger partial charge in [-0.3, -0.25) is 4.90 Å². The fourth-order valence-electron chi connectivity index (χ4n) is 3.68. The van der Waals surface area contributed by atoms with Gasteiger partial charge in [-0.25, -0.2) is 4.68 Å². The van der Waals surface area contributed by atoms with Gasteiger partial charge < -0.3 is 14.6 Å². The number of para-hydroxylation sites is 1. The lowest BCUT2D eigenvalue weighted by Gasteiger charge is -2.29. The summed E-state index contributed by atoms with van der Waals surface area (Å²) < 4.78 is 13.5. The van der Waals surface area contributed by atoms with E-state index in [1.807, 2.05) is 66.2 Å². The van der Waals surface area contributed by atoms with Crippen LogP contribution in [0.2, 0.25) is 0 Å². The van der Waals surface area contributed by atoms with Crippen LogP contribution in [0.15, 0.2) is 54.6 Å². The third-order valence-electron chi connectivity index (χ3n) is 5.57. The summed E-state index contributed by atoms with van der Waals surface area (Å²) in [6, 6.07) is 17.8. The summed E-state index contributed by atoms with van der Waals surface area (Å²) in [5, 5.41) is 15.3. The molecule has 0 aliphatic rings. The molecule has 6 heteroatoms. The van der Waals surface area contributed by atoms with Crippen LogP contribution in [-0.4, -0.2) is 45.6 Å². The number of ether oxygens (including phenoxy) is 2. The Morgan fingerprint density at radius 2 is 1.69 bits per heavy atom. The number of benzene rings is 2. The highest BCUT2D eigenvalue weighted by molar-refractivity contribution is 5.44. The zero-order valence-electron chi connectivity index (χ0n) is 19.8. The molecule has 0 unspecified atom stereocenters. The fourth-order valence-corrected chi connectivity index (χ4v) is 3.68. The summed E-state index contributed by atoms with van der Waals surface area (Å²) in [7, 11) is 1.65. The SMILES string of the molecule is CCC[C@H](O)CN(Cc1c(C)nn(-c2ccccc2)c1Oc1ccc(OC)cc1)C(C)C. The van der Waals surface area contributed by atoms with Gasteiger partial charge in [0.2, 0.25) is 5.88 Å². The number of aromatic nitrogens is 2. The van der Waals surface area contributed by atoms with E-state index in [0.717, 1.165) is 35.5 Å². The number of hydrogen-bond acceptors (Lipinski definition) is 5. The Kier molecular flexibility index (Phi) is 8.31. The van der Waals surface area contributed by atoms with E-state index < -0.39 is 0 Å². The molecule has 0 radical (unpaired) electrons. The molecule has 0 saturated carbocycles. The molecule has 0 aliphatic heterocycles. The lowest BCUT2D eigenvalue weighted by Crippen LogP contribution is -2.37. The number of aliphatic hydroxyl groups excluding tert-OH is 1. The quantitative estimate of drug-likeness (QED) is 0.438. The Morgan fingerprint density at radius 1 is 1.03 bits per heavy atom. The minimum absolute atomic E-state index is 0.273. The zero-order chi connectivity index (χ0) is 23.1. The summed E-state index contributed by atoms with van der Waals surface area (Å²) in [4.78, 5) is 2.28. The Morgan fingerprint density at radius 3 is 2.28 bits per heavy atom. The third kappa shape index (κ3) is 5.90. The van der Waals surface area contributed by atoms with E-state index in [9.17, 15) is 5.11 Å². The molecule has 6 nitrogen and oxygen atoms in total. The molecule has 0 saturated heterocycles. The largest absolute Gasteiger partial charge is 0.497 e. The van der Waals surface area contributed by atoms with Crippen molar-refractivity contribution in [3.63, 3.8) is 0 Å². The Labute approximate surface area is 191 Å². The maximum atomic E-state index is 10.4. The van der Waals surface area contributed by atoms with Crippen LogP contribution >= 0.6 is 0 Å². The van der Waals surface area contributed by atoms with E-state index in [1.54, 1.807) is 7.11 Å². The second-order valence-electron chi connectivity index (χ2n) is 8.36. The molecule has 3 aromatic rings. The minimum Gasteiger partial charge on any atom is -0.497 e. The van der Waals surface area contributed by atoms with Crippen LogP contribution in [0.1, 0.15) is 44.9 Å². The van der Waals surface area contributed by atoms with Gasteiger partial charge in [0, 0.05) is 19.1 Å². The van der Waals surface area contributed by atoms with Crippen molar-refractivity contribution >= 4 is 0 Å². The molecule has 0 amide bonds. The molecule has 0 fully saturated rings. The predicted octanol–water partition coefficient (Wildman–Crippen LogP) is 5.35. The summed E-state index contributed by atoms with van der Waals surface area (Å²) in [6.45, 7) is 9.67. The summed E-state index contributed by atoms with van der Waals surface area (Å²) in [5.41, 5.74) is 2.86. The highest BCUT2D eigenvalue weighted by Gasteiger charge is 2.23. The van der Waals surface area contributed by atoms with Gasteiger partial charge in [0.05, 0.1) is 30.2 Å². The van der Waals surface area contributed by atoms with Crippen molar-refractivity contribution in [3.05, 3.63) is 65.9 Å². The van der Waals surface area contributed by atoms with Gasteiger partial charge in [0.15, 0.2) is 0 Å². The fraction of sp³-hybridized carbons (Fsp3) is 0.423. The van der Waals surface area contributed by atoms with Crippen molar-refractivity contribution < 1.29 is 14.6 Å². The van der Waals surface area contributed by atoms with Crippen LogP contribution in [0, 0.1) is 6.92 Å². The second-order valence-corrected chi connectivity index (χ2v) is 8.36. The van der Waals surface area contributed by atoms with Gasteiger partial charge in [-0.05, 0) is 63.6 Å². The van der Waals surface area contributed by atoms with E-state index in [4.69, 9.17) is 14.6 Å². The van der Waals surface area contributed by atoms with E-state index in [-0.39, 0.29) is 12.1 Å². The van der Waals surface area contributed by atoms with Gasteiger partial charge in [-0.1, -0.05) is 31.5 Å². The number of aliphatic hydroxyl groups is 1. The zero-order valence-corrected chi connectivity index (χ0v) is 19.8. The van der Waals surface area contributed by atoms with Crippen LogP contribution in [0.4, 0.5) is 0 Å². The number of rotatable bonds is 11. The molecule has 0 spiro atoms. The molecule has 0 aliphatic carbocycles. The molecule has 32 heavy (non-hydrogen) atoms. The molecule has 1 atom stereocenters. The normalized spacial score (nSPS) is 12.4. The molecule has 172 valence electrons. The molecule has 2 aromatic carbocycles. The van der Waals surface area contributed by atoms with Crippen molar-refractivity contribution in [2.45, 2.75) is 59.2 Å². The van der Waals surface area contributed by atoms with E-state index >= 15 is 0 Å². The summed E-state index contributed by atoms with van der Waals surface area (Å²) in [5.74, 6) is 2.18. The Balaban J connectivity index is 1.99. The highest BCUT2D eigenvalue weighted by Crippen LogP contribution is 2.32. The number of nitrogens with zero attached hydrogens (tertiary/aromatic N) is 3. The third-order valence-corrected chi connectivity index (χ3v) is 5.57. The average molecular weight is 438 g/mol. The van der Waals surface area contributed by atoms with E-state index in [1.165, 1.54) is 0 Å². The van der Waals surface area contributed by atoms with Crippen molar-refractivity contribution in [2.75, 3.05) is 13.7 Å². The van der Waals surface area contributed by atoms with Crippen molar-refractivity contribution in [1.29, 1.82) is 0 Å². The monoisotopic (exact) mass is 437 g/mol. The van der Waals surface area contributed by atoms with Crippen LogP contribution in [0.5, 0.6) is 17.4 Å². The van der Waals surface area contributed by atoms with Crippen LogP contribution < -0.4 is 9.47 Å². The highest BCUT2D eigenvalue weighted by atomic mass is 16.5. The first-order valence-corrected chi connectivity index (χ1v) is 11.3. The van der Waals surface area contributed by atoms with E-state index in [0.29, 0.717) is 24.7 Å². The van der Waals surface area contributed by atoms with E-state index in [2.05, 4.69) is 25.7 Å².